The molecule has 0 aliphatic heterocycles. The SMILES string of the molecule is COC(=O)C1CCC(OCC(=O)Nc2cc(C)on2)CC1. The number of rotatable bonds is 5. The highest BCUT2D eigenvalue weighted by Crippen LogP contribution is 2.27. The van der Waals surface area contributed by atoms with E-state index in [1.54, 1.807) is 13.0 Å². The number of ether oxygens (including phenoxy) is 2. The molecule has 7 heteroatoms. The Morgan fingerprint density at radius 2 is 2.10 bits per heavy atom. The van der Waals surface area contributed by atoms with Crippen molar-refractivity contribution < 1.29 is 23.6 Å². The molecule has 21 heavy (non-hydrogen) atoms. The van der Waals surface area contributed by atoms with Crippen molar-refractivity contribution in [3.63, 3.8) is 0 Å². The molecule has 1 amide bonds. The Morgan fingerprint density at radius 3 is 2.67 bits per heavy atom. The van der Waals surface area contributed by atoms with Gasteiger partial charge in [0.1, 0.15) is 12.4 Å². The monoisotopic (exact) mass is 296 g/mol. The molecule has 1 saturated carbocycles. The van der Waals surface area contributed by atoms with E-state index in [4.69, 9.17) is 14.0 Å². The van der Waals surface area contributed by atoms with Crippen molar-refractivity contribution in [2.24, 2.45) is 5.92 Å². The number of aromatic nitrogens is 1. The molecule has 116 valence electrons. The summed E-state index contributed by atoms with van der Waals surface area (Å²) in [5.74, 6) is 0.551. The zero-order valence-electron chi connectivity index (χ0n) is 12.3. The number of hydrogen-bond acceptors (Lipinski definition) is 6. The van der Waals surface area contributed by atoms with Gasteiger partial charge in [0, 0.05) is 6.07 Å². The largest absolute Gasteiger partial charge is 0.469 e. The van der Waals surface area contributed by atoms with Gasteiger partial charge in [-0.05, 0) is 32.6 Å². The minimum absolute atomic E-state index is 0.00991. The third-order valence-corrected chi connectivity index (χ3v) is 3.55. The molecule has 1 aromatic rings. The first-order valence-electron chi connectivity index (χ1n) is 7.01. The van der Waals surface area contributed by atoms with Crippen molar-refractivity contribution in [1.82, 2.24) is 5.16 Å². The highest BCUT2D eigenvalue weighted by Gasteiger charge is 2.27. The summed E-state index contributed by atoms with van der Waals surface area (Å²) in [6.45, 7) is 1.72. The van der Waals surface area contributed by atoms with Crippen LogP contribution in [0.5, 0.6) is 0 Å². The molecule has 1 heterocycles. The summed E-state index contributed by atoms with van der Waals surface area (Å²) in [4.78, 5) is 23.1. The standard InChI is InChI=1S/C14H20N2O5/c1-9-7-12(16-21-9)15-13(17)8-20-11-5-3-10(4-6-11)14(18)19-2/h7,10-11H,3-6,8H2,1-2H3,(H,15,16,17). The molecule has 1 aromatic heterocycles. The minimum atomic E-state index is -0.265. The van der Waals surface area contributed by atoms with Crippen LogP contribution in [-0.2, 0) is 19.1 Å². The van der Waals surface area contributed by atoms with Gasteiger partial charge in [-0.1, -0.05) is 5.16 Å². The number of esters is 1. The molecule has 0 bridgehead atoms. The maximum atomic E-state index is 11.7. The number of hydrogen-bond donors (Lipinski definition) is 1. The zero-order chi connectivity index (χ0) is 15.2. The number of amides is 1. The third-order valence-electron chi connectivity index (χ3n) is 3.55. The van der Waals surface area contributed by atoms with Gasteiger partial charge in [-0.25, -0.2) is 0 Å². The van der Waals surface area contributed by atoms with Crippen LogP contribution in [0.25, 0.3) is 0 Å². The Morgan fingerprint density at radius 1 is 1.38 bits per heavy atom. The summed E-state index contributed by atoms with van der Waals surface area (Å²) in [7, 11) is 1.40. The van der Waals surface area contributed by atoms with E-state index in [2.05, 4.69) is 10.5 Å². The van der Waals surface area contributed by atoms with Crippen LogP contribution in [0.1, 0.15) is 31.4 Å². The van der Waals surface area contributed by atoms with E-state index in [1.165, 1.54) is 7.11 Å². The van der Waals surface area contributed by atoms with Crippen LogP contribution < -0.4 is 5.32 Å². The van der Waals surface area contributed by atoms with Crippen molar-refractivity contribution >= 4 is 17.7 Å². The van der Waals surface area contributed by atoms with Crippen molar-refractivity contribution in [3.05, 3.63) is 11.8 Å². The molecule has 0 radical (unpaired) electrons. The predicted octanol–water partition coefficient (Wildman–Crippen LogP) is 1.67. The number of methoxy groups -OCH3 is 1. The van der Waals surface area contributed by atoms with Gasteiger partial charge in [-0.15, -0.1) is 0 Å². The first-order valence-corrected chi connectivity index (χ1v) is 7.01. The molecule has 7 nitrogen and oxygen atoms in total. The topological polar surface area (TPSA) is 90.7 Å². The summed E-state index contributed by atoms with van der Waals surface area (Å²) in [6.07, 6.45) is 3.01. The Labute approximate surface area is 123 Å². The van der Waals surface area contributed by atoms with E-state index in [1.807, 2.05) is 0 Å². The summed E-state index contributed by atoms with van der Waals surface area (Å²) in [5, 5.41) is 6.27. The first-order chi connectivity index (χ1) is 10.1. The van der Waals surface area contributed by atoms with E-state index in [-0.39, 0.29) is 30.5 Å². The number of anilines is 1. The van der Waals surface area contributed by atoms with E-state index < -0.39 is 0 Å². The van der Waals surface area contributed by atoms with Crippen LogP contribution in [0.4, 0.5) is 5.82 Å². The summed E-state index contributed by atoms with van der Waals surface area (Å²) >= 11 is 0. The van der Waals surface area contributed by atoms with E-state index in [9.17, 15) is 9.59 Å². The summed E-state index contributed by atoms with van der Waals surface area (Å²) < 4.78 is 15.2. The number of nitrogens with zero attached hydrogens (tertiary/aromatic N) is 1. The molecule has 1 aliphatic carbocycles. The molecule has 1 N–H and O–H groups in total. The average Bonchev–Trinajstić information content (AvgIpc) is 2.90. The molecule has 0 atom stereocenters. The Bertz CT molecular complexity index is 491. The van der Waals surface area contributed by atoms with Crippen LogP contribution in [0, 0.1) is 12.8 Å². The van der Waals surface area contributed by atoms with Crippen LogP contribution >= 0.6 is 0 Å². The van der Waals surface area contributed by atoms with Gasteiger partial charge < -0.3 is 19.3 Å². The maximum Gasteiger partial charge on any atom is 0.308 e. The van der Waals surface area contributed by atoms with Crippen molar-refractivity contribution in [2.45, 2.75) is 38.7 Å². The van der Waals surface area contributed by atoms with Crippen LogP contribution in [0.15, 0.2) is 10.6 Å². The molecule has 0 spiro atoms. The number of carbonyl (C=O) groups excluding carboxylic acids is 2. The van der Waals surface area contributed by atoms with Gasteiger partial charge in [-0.3, -0.25) is 9.59 Å². The molecule has 0 unspecified atom stereocenters. The second-order valence-electron chi connectivity index (χ2n) is 5.18. The smallest absolute Gasteiger partial charge is 0.308 e. The number of nitrogens with one attached hydrogen (secondary N) is 1. The molecule has 1 fully saturated rings. The first kappa shape index (κ1) is 15.5. The summed E-state index contributed by atoms with van der Waals surface area (Å²) in [6, 6.07) is 1.64. The van der Waals surface area contributed by atoms with Gasteiger partial charge in [0.25, 0.3) is 5.91 Å². The fourth-order valence-corrected chi connectivity index (χ4v) is 2.43. The molecular formula is C14H20N2O5. The molecule has 2 rings (SSSR count). The highest BCUT2D eigenvalue weighted by molar-refractivity contribution is 5.90. The molecule has 1 aliphatic rings. The van der Waals surface area contributed by atoms with Gasteiger partial charge in [0.05, 0.1) is 19.1 Å². The van der Waals surface area contributed by atoms with Crippen molar-refractivity contribution in [2.75, 3.05) is 19.0 Å². The van der Waals surface area contributed by atoms with Gasteiger partial charge >= 0.3 is 5.97 Å². The Balaban J connectivity index is 1.67. The van der Waals surface area contributed by atoms with Crippen molar-refractivity contribution in [3.8, 4) is 0 Å². The Kier molecular flexibility index (Phi) is 5.32. The summed E-state index contributed by atoms with van der Waals surface area (Å²) in [5.41, 5.74) is 0. The lowest BCUT2D eigenvalue weighted by atomic mass is 9.87. The van der Waals surface area contributed by atoms with Crippen molar-refractivity contribution in [1.29, 1.82) is 0 Å². The fraction of sp³-hybridized carbons (Fsp3) is 0.643. The molecule has 0 saturated heterocycles. The van der Waals surface area contributed by atoms with Crippen LogP contribution in [-0.4, -0.2) is 36.9 Å². The van der Waals surface area contributed by atoms with E-state index >= 15 is 0 Å². The fourth-order valence-electron chi connectivity index (χ4n) is 2.43. The van der Waals surface area contributed by atoms with Gasteiger partial charge in [-0.2, -0.15) is 0 Å². The van der Waals surface area contributed by atoms with E-state index in [0.717, 1.165) is 25.7 Å². The number of carbonyl (C=O) groups is 2. The lowest BCUT2D eigenvalue weighted by molar-refractivity contribution is -0.148. The second-order valence-corrected chi connectivity index (χ2v) is 5.18. The lowest BCUT2D eigenvalue weighted by Gasteiger charge is -2.26. The van der Waals surface area contributed by atoms with Crippen LogP contribution in [0.3, 0.4) is 0 Å². The van der Waals surface area contributed by atoms with Crippen LogP contribution in [0.2, 0.25) is 0 Å². The van der Waals surface area contributed by atoms with E-state index in [0.29, 0.717) is 11.6 Å². The maximum absolute atomic E-state index is 11.7. The second kappa shape index (κ2) is 7.21. The quantitative estimate of drug-likeness (QED) is 0.831. The number of aryl methyl sites for hydroxylation is 1. The Hall–Kier alpha value is -1.89. The van der Waals surface area contributed by atoms with Gasteiger partial charge in [0.15, 0.2) is 5.82 Å². The normalized spacial score (nSPS) is 21.8. The van der Waals surface area contributed by atoms with Gasteiger partial charge in [0.2, 0.25) is 0 Å². The zero-order valence-corrected chi connectivity index (χ0v) is 12.3. The highest BCUT2D eigenvalue weighted by atomic mass is 16.5. The minimum Gasteiger partial charge on any atom is -0.469 e. The molecule has 0 aromatic carbocycles. The predicted molar refractivity (Wildman–Crippen MR) is 73.6 cm³/mol. The average molecular weight is 296 g/mol. The molecular weight excluding hydrogens is 276 g/mol. The third kappa shape index (κ3) is 4.56. The lowest BCUT2D eigenvalue weighted by Crippen LogP contribution is -2.29.